The topological polar surface area (TPSA) is 17.1 Å². The van der Waals surface area contributed by atoms with Crippen LogP contribution in [0.2, 0.25) is 0 Å². The maximum Gasteiger partial charge on any atom is 0.139 e. The van der Waals surface area contributed by atoms with Crippen LogP contribution in [-0.4, -0.2) is 5.78 Å². The fourth-order valence-electron chi connectivity index (χ4n) is 2.26. The molecule has 0 aromatic rings. The van der Waals surface area contributed by atoms with Crippen molar-refractivity contribution in [1.82, 2.24) is 0 Å². The van der Waals surface area contributed by atoms with E-state index in [0.29, 0.717) is 5.78 Å². The summed E-state index contributed by atoms with van der Waals surface area (Å²) in [6.07, 6.45) is 4.64. The van der Waals surface area contributed by atoms with Crippen molar-refractivity contribution in [2.75, 3.05) is 0 Å². The summed E-state index contributed by atoms with van der Waals surface area (Å²) in [7, 11) is 0. The van der Waals surface area contributed by atoms with E-state index in [1.54, 1.807) is 0 Å². The van der Waals surface area contributed by atoms with Crippen LogP contribution in [-0.2, 0) is 4.79 Å². The zero-order valence-corrected chi connectivity index (χ0v) is 5.81. The highest BCUT2D eigenvalue weighted by molar-refractivity contribution is 5.91. The van der Waals surface area contributed by atoms with Gasteiger partial charge in [-0.2, -0.15) is 0 Å². The molecule has 2 fully saturated rings. The second-order valence-electron chi connectivity index (χ2n) is 3.63. The first-order chi connectivity index (χ1) is 4.23. The van der Waals surface area contributed by atoms with Crippen molar-refractivity contribution in [2.45, 2.75) is 32.6 Å². The predicted octanol–water partition coefficient (Wildman–Crippen LogP) is 1.77. The Morgan fingerprint density at radius 1 is 1.67 bits per heavy atom. The van der Waals surface area contributed by atoms with E-state index in [1.807, 2.05) is 0 Å². The number of fused-ring (bicyclic) bond motifs is 1. The molecule has 2 rings (SSSR count). The molecule has 2 aliphatic rings. The van der Waals surface area contributed by atoms with Gasteiger partial charge < -0.3 is 0 Å². The molecular weight excluding hydrogens is 112 g/mol. The Balaban J connectivity index is 2.25. The van der Waals surface area contributed by atoms with E-state index in [4.69, 9.17) is 0 Å². The van der Waals surface area contributed by atoms with E-state index in [1.165, 1.54) is 12.8 Å². The second-order valence-corrected chi connectivity index (χ2v) is 3.63. The summed E-state index contributed by atoms with van der Waals surface area (Å²) in [4.78, 5) is 11.0. The molecule has 0 aliphatic heterocycles. The average Bonchev–Trinajstić information content (AvgIpc) is 2.11. The summed E-state index contributed by atoms with van der Waals surface area (Å²) in [6.45, 7) is 2.14. The summed E-state index contributed by atoms with van der Waals surface area (Å²) < 4.78 is 0. The lowest BCUT2D eigenvalue weighted by molar-refractivity contribution is -0.141. The first-order valence-corrected chi connectivity index (χ1v) is 3.77. The lowest BCUT2D eigenvalue weighted by Gasteiger charge is -2.39. The van der Waals surface area contributed by atoms with Crippen LogP contribution in [0.4, 0.5) is 0 Å². The first kappa shape index (κ1) is 5.45. The fourth-order valence-corrected chi connectivity index (χ4v) is 2.26. The minimum Gasteiger partial charge on any atom is -0.299 e. The molecular formula is C8H12O. The van der Waals surface area contributed by atoms with Crippen LogP contribution in [0, 0.1) is 11.3 Å². The van der Waals surface area contributed by atoms with Gasteiger partial charge in [0.2, 0.25) is 0 Å². The molecule has 0 spiro atoms. The third-order valence-electron chi connectivity index (χ3n) is 3.22. The van der Waals surface area contributed by atoms with E-state index in [-0.39, 0.29) is 5.41 Å². The predicted molar refractivity (Wildman–Crippen MR) is 35.1 cm³/mol. The smallest absolute Gasteiger partial charge is 0.139 e. The van der Waals surface area contributed by atoms with E-state index in [9.17, 15) is 4.79 Å². The van der Waals surface area contributed by atoms with Crippen LogP contribution in [0.25, 0.3) is 0 Å². The third kappa shape index (κ3) is 0.480. The van der Waals surface area contributed by atoms with Gasteiger partial charge in [-0.15, -0.1) is 0 Å². The van der Waals surface area contributed by atoms with Gasteiger partial charge in [0.1, 0.15) is 5.78 Å². The number of ketones is 1. The number of rotatable bonds is 0. The summed E-state index contributed by atoms with van der Waals surface area (Å²) >= 11 is 0. The molecule has 2 atom stereocenters. The molecule has 50 valence electrons. The molecule has 0 bridgehead atoms. The molecule has 0 aromatic heterocycles. The third-order valence-corrected chi connectivity index (χ3v) is 3.22. The van der Waals surface area contributed by atoms with Crippen molar-refractivity contribution in [3.8, 4) is 0 Å². The lowest BCUT2D eigenvalue weighted by Crippen LogP contribution is -2.43. The molecule has 2 aliphatic carbocycles. The Bertz CT molecular complexity index is 162. The molecule has 0 unspecified atom stereocenters. The monoisotopic (exact) mass is 124 g/mol. The number of carbonyl (C=O) groups is 1. The molecule has 2 saturated carbocycles. The van der Waals surface area contributed by atoms with Crippen LogP contribution in [0.1, 0.15) is 32.6 Å². The highest BCUT2D eigenvalue weighted by atomic mass is 16.1. The lowest BCUT2D eigenvalue weighted by atomic mass is 9.62. The van der Waals surface area contributed by atoms with Crippen LogP contribution in [0.3, 0.4) is 0 Å². The van der Waals surface area contributed by atoms with E-state index >= 15 is 0 Å². The molecule has 9 heavy (non-hydrogen) atoms. The molecule has 1 heteroatoms. The standard InChI is InChI=1S/C8H12O/c1-8-4-2-3-6(8)5-7(8)9/h6H,2-5H2,1H3/t6-,8-/m0/s1. The first-order valence-electron chi connectivity index (χ1n) is 3.77. The van der Waals surface area contributed by atoms with Crippen molar-refractivity contribution in [1.29, 1.82) is 0 Å². The van der Waals surface area contributed by atoms with Gasteiger partial charge in [0.15, 0.2) is 0 Å². The molecule has 0 aromatic carbocycles. The van der Waals surface area contributed by atoms with Crippen LogP contribution >= 0.6 is 0 Å². The van der Waals surface area contributed by atoms with E-state index in [0.717, 1.165) is 18.8 Å². The Morgan fingerprint density at radius 2 is 2.44 bits per heavy atom. The number of Topliss-reactive ketones (excluding diaryl/α,β-unsaturated/α-hetero) is 1. The minimum absolute atomic E-state index is 0.153. The summed E-state index contributed by atoms with van der Waals surface area (Å²) in [6, 6.07) is 0. The highest BCUT2D eigenvalue weighted by Crippen LogP contribution is 2.54. The Kier molecular flexibility index (Phi) is 0.842. The van der Waals surface area contributed by atoms with Crippen molar-refractivity contribution in [2.24, 2.45) is 11.3 Å². The Hall–Kier alpha value is -0.330. The SMILES string of the molecule is C[C@]12CCC[C@H]1CC2=O. The maximum atomic E-state index is 11.0. The van der Waals surface area contributed by atoms with Gasteiger partial charge in [-0.25, -0.2) is 0 Å². The second kappa shape index (κ2) is 1.39. The quantitative estimate of drug-likeness (QED) is 0.481. The van der Waals surface area contributed by atoms with Gasteiger partial charge in [-0.1, -0.05) is 13.3 Å². The van der Waals surface area contributed by atoms with Gasteiger partial charge in [0.05, 0.1) is 0 Å². The summed E-state index contributed by atoms with van der Waals surface area (Å²) in [5.74, 6) is 1.29. The molecule has 0 N–H and O–H groups in total. The Labute approximate surface area is 55.4 Å². The highest BCUT2D eigenvalue weighted by Gasteiger charge is 2.53. The van der Waals surface area contributed by atoms with Crippen molar-refractivity contribution in [3.05, 3.63) is 0 Å². The normalized spacial score (nSPS) is 48.6. The van der Waals surface area contributed by atoms with E-state index in [2.05, 4.69) is 6.92 Å². The van der Waals surface area contributed by atoms with Crippen LogP contribution < -0.4 is 0 Å². The minimum atomic E-state index is 0.153. The number of hydrogen-bond donors (Lipinski definition) is 0. The summed E-state index contributed by atoms with van der Waals surface area (Å²) in [5.41, 5.74) is 0.153. The van der Waals surface area contributed by atoms with Gasteiger partial charge in [0, 0.05) is 11.8 Å². The van der Waals surface area contributed by atoms with Crippen molar-refractivity contribution in [3.63, 3.8) is 0 Å². The molecule has 1 nitrogen and oxygen atoms in total. The Morgan fingerprint density at radius 3 is 2.89 bits per heavy atom. The van der Waals surface area contributed by atoms with Crippen molar-refractivity contribution >= 4 is 5.78 Å². The molecule has 0 saturated heterocycles. The van der Waals surface area contributed by atoms with Gasteiger partial charge in [-0.3, -0.25) is 4.79 Å². The van der Waals surface area contributed by atoms with Gasteiger partial charge in [-0.05, 0) is 18.8 Å². The van der Waals surface area contributed by atoms with Gasteiger partial charge in [0.25, 0.3) is 0 Å². The zero-order chi connectivity index (χ0) is 6.48. The van der Waals surface area contributed by atoms with Crippen LogP contribution in [0.5, 0.6) is 0 Å². The maximum absolute atomic E-state index is 11.0. The van der Waals surface area contributed by atoms with Crippen molar-refractivity contribution < 1.29 is 4.79 Å². The molecule has 0 amide bonds. The molecule has 0 heterocycles. The zero-order valence-electron chi connectivity index (χ0n) is 5.81. The number of hydrogen-bond acceptors (Lipinski definition) is 1. The van der Waals surface area contributed by atoms with Crippen LogP contribution in [0.15, 0.2) is 0 Å². The number of carbonyl (C=O) groups excluding carboxylic acids is 1. The van der Waals surface area contributed by atoms with E-state index < -0.39 is 0 Å². The molecule has 0 radical (unpaired) electrons. The summed E-state index contributed by atoms with van der Waals surface area (Å²) in [5, 5.41) is 0. The fraction of sp³-hybridized carbons (Fsp3) is 0.875. The average molecular weight is 124 g/mol. The largest absolute Gasteiger partial charge is 0.299 e. The van der Waals surface area contributed by atoms with Gasteiger partial charge >= 0.3 is 0 Å².